The van der Waals surface area contributed by atoms with Crippen LogP contribution in [0.25, 0.3) is 10.9 Å². The molecule has 2 aromatic rings. The van der Waals surface area contributed by atoms with Gasteiger partial charge in [0.1, 0.15) is 22.7 Å². The predicted molar refractivity (Wildman–Crippen MR) is 148 cm³/mol. The average Bonchev–Trinajstić information content (AvgIpc) is 2.88. The van der Waals surface area contributed by atoms with Crippen molar-refractivity contribution in [3.8, 4) is 11.5 Å². The molecule has 1 saturated heterocycles. The summed E-state index contributed by atoms with van der Waals surface area (Å²) in [5.41, 5.74) is 1.08. The van der Waals surface area contributed by atoms with Crippen molar-refractivity contribution in [1.82, 2.24) is 15.2 Å². The molecule has 1 aromatic carbocycles. The van der Waals surface area contributed by atoms with E-state index in [0.29, 0.717) is 36.2 Å². The molecule has 0 bridgehead atoms. The third kappa shape index (κ3) is 7.81. The Hall–Kier alpha value is -2.38. The molecule has 4 rings (SSSR count). The van der Waals surface area contributed by atoms with E-state index in [-0.39, 0.29) is 18.1 Å². The van der Waals surface area contributed by atoms with Gasteiger partial charge in [0.05, 0.1) is 12.7 Å². The second-order valence-corrected chi connectivity index (χ2v) is 10.8. The van der Waals surface area contributed by atoms with Gasteiger partial charge in [-0.05, 0) is 71.0 Å². The summed E-state index contributed by atoms with van der Waals surface area (Å²) in [6, 6.07) is 8.35. The minimum atomic E-state index is -0.153. The van der Waals surface area contributed by atoms with E-state index in [1.807, 2.05) is 18.2 Å². The van der Waals surface area contributed by atoms with Gasteiger partial charge in [-0.1, -0.05) is 25.3 Å². The van der Waals surface area contributed by atoms with Crippen LogP contribution in [0.15, 0.2) is 24.3 Å². The Balaban J connectivity index is 1.59. The van der Waals surface area contributed by atoms with Crippen LogP contribution < -0.4 is 14.8 Å². The van der Waals surface area contributed by atoms with Crippen molar-refractivity contribution < 1.29 is 19.0 Å². The molecular formula is C30H45N3O4. The number of para-hydroxylation sites is 1. The van der Waals surface area contributed by atoms with Gasteiger partial charge in [-0.15, -0.1) is 0 Å². The number of nitrogens with zero attached hydrogens (tertiary/aromatic N) is 2. The molecule has 2 fully saturated rings. The number of carbonyl (C=O) groups excluding carboxylic acids is 1. The molecule has 0 spiro atoms. The second-order valence-electron chi connectivity index (χ2n) is 10.8. The molecule has 1 aliphatic carbocycles. The highest BCUT2D eigenvalue weighted by Gasteiger charge is 2.25. The topological polar surface area (TPSA) is 72.9 Å². The molecule has 1 saturated carbocycles. The summed E-state index contributed by atoms with van der Waals surface area (Å²) >= 11 is 0. The number of hydrogen-bond donors (Lipinski definition) is 1. The first-order valence-corrected chi connectivity index (χ1v) is 14.3. The molecular weight excluding hydrogens is 466 g/mol. The number of benzene rings is 1. The fourth-order valence-electron chi connectivity index (χ4n) is 5.48. The number of ether oxygens (including phenoxy) is 3. The summed E-state index contributed by atoms with van der Waals surface area (Å²) in [5.74, 6) is 1.25. The largest absolute Gasteiger partial charge is 0.493 e. The molecule has 204 valence electrons. The minimum absolute atomic E-state index is 0.119. The summed E-state index contributed by atoms with van der Waals surface area (Å²) in [4.78, 5) is 20.7. The number of amides is 1. The van der Waals surface area contributed by atoms with Crippen LogP contribution in [0.3, 0.4) is 0 Å². The smallest absolute Gasteiger partial charge is 0.270 e. The monoisotopic (exact) mass is 511 g/mol. The number of piperidine rings is 1. The van der Waals surface area contributed by atoms with Gasteiger partial charge in [0, 0.05) is 50.2 Å². The van der Waals surface area contributed by atoms with Crippen LogP contribution in [-0.2, 0) is 4.74 Å². The lowest BCUT2D eigenvalue weighted by molar-refractivity contribution is 0.0881. The van der Waals surface area contributed by atoms with Crippen LogP contribution >= 0.6 is 0 Å². The van der Waals surface area contributed by atoms with Crippen molar-refractivity contribution in [3.05, 3.63) is 30.0 Å². The van der Waals surface area contributed by atoms with Crippen LogP contribution in [0.1, 0.15) is 88.5 Å². The number of likely N-dealkylation sites (tertiary alicyclic amines) is 1. The Labute approximate surface area is 222 Å². The summed E-state index contributed by atoms with van der Waals surface area (Å²) in [6.45, 7) is 7.50. The second kappa shape index (κ2) is 14.0. The van der Waals surface area contributed by atoms with E-state index in [9.17, 15) is 4.79 Å². The average molecular weight is 512 g/mol. The first-order chi connectivity index (χ1) is 18.0. The minimum Gasteiger partial charge on any atom is -0.493 e. The lowest BCUT2D eigenvalue weighted by Crippen LogP contribution is -2.49. The van der Waals surface area contributed by atoms with Crippen molar-refractivity contribution in [2.24, 2.45) is 0 Å². The summed E-state index contributed by atoms with van der Waals surface area (Å²) in [6.07, 6.45) is 11.4. The number of pyridine rings is 1. The fourth-order valence-corrected chi connectivity index (χ4v) is 5.48. The van der Waals surface area contributed by atoms with Gasteiger partial charge >= 0.3 is 0 Å². The summed E-state index contributed by atoms with van der Waals surface area (Å²) in [7, 11) is 1.69. The first-order valence-electron chi connectivity index (χ1n) is 14.3. The number of methoxy groups -OCH3 is 1. The van der Waals surface area contributed by atoms with Gasteiger partial charge in [0.25, 0.3) is 5.91 Å². The fraction of sp³-hybridized carbons (Fsp3) is 0.667. The van der Waals surface area contributed by atoms with Gasteiger partial charge in [0.2, 0.25) is 0 Å². The molecule has 1 atom stereocenters. The van der Waals surface area contributed by atoms with Crippen molar-refractivity contribution in [2.45, 2.75) is 96.2 Å². The Morgan fingerprint density at radius 2 is 1.84 bits per heavy atom. The molecule has 2 heterocycles. The zero-order valence-electron chi connectivity index (χ0n) is 23.0. The quantitative estimate of drug-likeness (QED) is 0.410. The molecule has 2 aliphatic rings. The summed E-state index contributed by atoms with van der Waals surface area (Å²) in [5, 5.41) is 4.12. The molecule has 1 N–H and O–H groups in total. The molecule has 0 radical (unpaired) electrons. The van der Waals surface area contributed by atoms with Crippen LogP contribution in [0.5, 0.6) is 11.5 Å². The standard InChI is InChI=1S/C30H45N3O4/c1-22(2)33-17-10-12-23(21-33)31-30(34)26-20-28(36-19-11-18-35-3)25-15-9-16-27(29(25)32-26)37-24-13-7-5-4-6-8-14-24/h9,15-16,20,22-24H,4-8,10-14,17-19,21H2,1-3H3,(H,31,34)/t23-/m1/s1. The lowest BCUT2D eigenvalue weighted by atomic mass is 9.98. The van der Waals surface area contributed by atoms with E-state index >= 15 is 0 Å². The highest BCUT2D eigenvalue weighted by atomic mass is 16.5. The lowest BCUT2D eigenvalue weighted by Gasteiger charge is -2.35. The Bertz CT molecular complexity index is 1000. The number of hydrogen-bond acceptors (Lipinski definition) is 6. The molecule has 37 heavy (non-hydrogen) atoms. The van der Waals surface area contributed by atoms with Crippen LogP contribution in [0.4, 0.5) is 0 Å². The molecule has 7 nitrogen and oxygen atoms in total. The Morgan fingerprint density at radius 1 is 1.05 bits per heavy atom. The third-order valence-electron chi connectivity index (χ3n) is 7.61. The number of nitrogens with one attached hydrogen (secondary N) is 1. The highest BCUT2D eigenvalue weighted by molar-refractivity contribution is 5.98. The maximum Gasteiger partial charge on any atom is 0.270 e. The van der Waals surface area contributed by atoms with E-state index in [4.69, 9.17) is 19.2 Å². The van der Waals surface area contributed by atoms with Gasteiger partial charge in [0.15, 0.2) is 0 Å². The molecule has 7 heteroatoms. The van der Waals surface area contributed by atoms with Crippen LogP contribution in [-0.4, -0.2) is 67.4 Å². The van der Waals surface area contributed by atoms with Crippen molar-refractivity contribution in [3.63, 3.8) is 0 Å². The van der Waals surface area contributed by atoms with Gasteiger partial charge in [-0.25, -0.2) is 4.98 Å². The molecule has 1 amide bonds. The Morgan fingerprint density at radius 3 is 2.59 bits per heavy atom. The van der Waals surface area contributed by atoms with E-state index in [0.717, 1.165) is 56.3 Å². The van der Waals surface area contributed by atoms with Crippen LogP contribution in [0.2, 0.25) is 0 Å². The molecule has 1 aromatic heterocycles. The number of carbonyl (C=O) groups is 1. The van der Waals surface area contributed by atoms with E-state index in [1.54, 1.807) is 13.2 Å². The van der Waals surface area contributed by atoms with Crippen molar-refractivity contribution >= 4 is 16.8 Å². The predicted octanol–water partition coefficient (Wildman–Crippen LogP) is 5.74. The summed E-state index contributed by atoms with van der Waals surface area (Å²) < 4.78 is 17.9. The van der Waals surface area contributed by atoms with Crippen molar-refractivity contribution in [2.75, 3.05) is 33.4 Å². The SMILES string of the molecule is COCCCOc1cc(C(=O)N[C@@H]2CCCN(C(C)C)C2)nc2c(OC3CCCCCCC3)cccc12. The maximum absolute atomic E-state index is 13.4. The van der Waals surface area contributed by atoms with Gasteiger partial charge in [-0.2, -0.15) is 0 Å². The maximum atomic E-state index is 13.4. The zero-order chi connectivity index (χ0) is 26.0. The van der Waals surface area contributed by atoms with E-state index in [1.165, 1.54) is 32.1 Å². The number of fused-ring (bicyclic) bond motifs is 1. The van der Waals surface area contributed by atoms with E-state index < -0.39 is 0 Å². The normalized spacial score (nSPS) is 19.9. The zero-order valence-corrected chi connectivity index (χ0v) is 23.0. The molecule has 0 unspecified atom stereocenters. The van der Waals surface area contributed by atoms with Gasteiger partial charge in [-0.3, -0.25) is 9.69 Å². The van der Waals surface area contributed by atoms with Gasteiger partial charge < -0.3 is 19.5 Å². The van der Waals surface area contributed by atoms with E-state index in [2.05, 4.69) is 24.1 Å². The highest BCUT2D eigenvalue weighted by Crippen LogP contribution is 2.34. The molecule has 1 aliphatic heterocycles. The number of rotatable bonds is 10. The Kier molecular flexibility index (Phi) is 10.4. The van der Waals surface area contributed by atoms with Crippen LogP contribution in [0, 0.1) is 0 Å². The third-order valence-corrected chi connectivity index (χ3v) is 7.61. The number of aromatic nitrogens is 1. The van der Waals surface area contributed by atoms with Crippen molar-refractivity contribution in [1.29, 1.82) is 0 Å². The first kappa shape index (κ1) is 27.6.